The molecule has 0 aliphatic carbocycles. The number of hydrogen-bond acceptors (Lipinski definition) is 6. The maximum absolute atomic E-state index is 13.6. The van der Waals surface area contributed by atoms with Gasteiger partial charge in [0.2, 0.25) is 5.91 Å². The largest absolute Gasteiger partial charge is 0.355 e. The van der Waals surface area contributed by atoms with Gasteiger partial charge < -0.3 is 16.0 Å². The van der Waals surface area contributed by atoms with Crippen LogP contribution >= 0.6 is 0 Å². The number of unbranched alkanes of at least 4 members (excludes halogenated alkanes) is 9. The second-order valence-electron chi connectivity index (χ2n) is 11.7. The van der Waals surface area contributed by atoms with Gasteiger partial charge in [-0.25, -0.2) is 0 Å². The predicted molar refractivity (Wildman–Crippen MR) is 179 cm³/mol. The van der Waals surface area contributed by atoms with E-state index in [4.69, 9.17) is 0 Å². The minimum atomic E-state index is -0.692. The molecular formula is C37H53N5O2. The number of nitrogens with one attached hydrogen (secondary N) is 3. The minimum absolute atomic E-state index is 0.108. The number of pyridine rings is 2. The van der Waals surface area contributed by atoms with E-state index in [2.05, 4.69) is 32.8 Å². The molecule has 3 aromatic rings. The van der Waals surface area contributed by atoms with E-state index >= 15 is 0 Å². The first kappa shape index (κ1) is 35.1. The van der Waals surface area contributed by atoms with E-state index < -0.39 is 5.92 Å². The summed E-state index contributed by atoms with van der Waals surface area (Å²) in [7, 11) is 0. The molecule has 0 spiro atoms. The summed E-state index contributed by atoms with van der Waals surface area (Å²) in [5, 5.41) is 9.85. The molecule has 3 rings (SSSR count). The van der Waals surface area contributed by atoms with Crippen LogP contribution in [0.2, 0.25) is 0 Å². The lowest BCUT2D eigenvalue weighted by Crippen LogP contribution is -2.36. The molecule has 1 atom stereocenters. The Bertz CT molecular complexity index is 1170. The van der Waals surface area contributed by atoms with E-state index in [-0.39, 0.29) is 11.7 Å². The molecule has 44 heavy (non-hydrogen) atoms. The molecule has 7 heteroatoms. The molecule has 1 aromatic carbocycles. The second kappa shape index (κ2) is 22.1. The fourth-order valence-corrected chi connectivity index (χ4v) is 5.30. The van der Waals surface area contributed by atoms with Crippen LogP contribution in [0.5, 0.6) is 0 Å². The van der Waals surface area contributed by atoms with Crippen LogP contribution in [-0.4, -0.2) is 34.7 Å². The lowest BCUT2D eigenvalue weighted by Gasteiger charge is -2.17. The molecule has 0 aliphatic heterocycles. The molecule has 0 fully saturated rings. The van der Waals surface area contributed by atoms with Crippen LogP contribution in [-0.2, 0) is 24.4 Å². The van der Waals surface area contributed by atoms with Crippen molar-refractivity contribution in [2.45, 2.75) is 104 Å². The Hall–Kier alpha value is -3.42. The molecule has 1 unspecified atom stereocenters. The van der Waals surface area contributed by atoms with Crippen LogP contribution in [0.15, 0.2) is 73.1 Å². The van der Waals surface area contributed by atoms with Gasteiger partial charge >= 0.3 is 0 Å². The zero-order chi connectivity index (χ0) is 31.1. The predicted octanol–water partition coefficient (Wildman–Crippen LogP) is 7.17. The number of carbonyl (C=O) groups is 2. The number of ketones is 1. The number of rotatable bonds is 24. The lowest BCUT2D eigenvalue weighted by atomic mass is 9.91. The fourth-order valence-electron chi connectivity index (χ4n) is 5.30. The molecule has 2 heterocycles. The van der Waals surface area contributed by atoms with Gasteiger partial charge in [-0.2, -0.15) is 0 Å². The number of Topliss-reactive ketones (excluding diaryl/α,β-unsaturated/α-hetero) is 1. The van der Waals surface area contributed by atoms with Crippen LogP contribution in [0.1, 0.15) is 111 Å². The van der Waals surface area contributed by atoms with Gasteiger partial charge in [-0.05, 0) is 55.6 Å². The van der Waals surface area contributed by atoms with Crippen LogP contribution in [0.3, 0.4) is 0 Å². The van der Waals surface area contributed by atoms with Gasteiger partial charge in [0, 0.05) is 44.1 Å². The van der Waals surface area contributed by atoms with E-state index in [0.29, 0.717) is 44.7 Å². The molecule has 7 nitrogen and oxygen atoms in total. The van der Waals surface area contributed by atoms with Crippen molar-refractivity contribution >= 4 is 11.7 Å². The van der Waals surface area contributed by atoms with Gasteiger partial charge in [0.1, 0.15) is 5.92 Å². The molecule has 0 radical (unpaired) electrons. The summed E-state index contributed by atoms with van der Waals surface area (Å²) in [5.74, 6) is -0.956. The normalized spacial score (nSPS) is 11.8. The average molecular weight is 600 g/mol. The standard InChI is InChI=1S/C37H53N5O2/c1-2-3-4-5-6-7-8-9-10-13-27-42-37(44)35(19-16-24-38-29-33-17-11-14-25-40-33)36(43)32-22-20-31(21-23-32)28-39-30-34-18-12-15-26-41-34/h11-12,14-15,17-18,20-23,25-26,35,38-39H,2-10,13,16,19,24,27-30H2,1H3,(H,42,44). The summed E-state index contributed by atoms with van der Waals surface area (Å²) in [4.78, 5) is 35.5. The molecule has 238 valence electrons. The van der Waals surface area contributed by atoms with Crippen molar-refractivity contribution in [3.8, 4) is 0 Å². The molecule has 2 aromatic heterocycles. The highest BCUT2D eigenvalue weighted by Crippen LogP contribution is 2.17. The summed E-state index contributed by atoms with van der Waals surface area (Å²) in [6.45, 7) is 5.61. The van der Waals surface area contributed by atoms with Crippen molar-refractivity contribution in [3.05, 3.63) is 95.6 Å². The second-order valence-corrected chi connectivity index (χ2v) is 11.7. The van der Waals surface area contributed by atoms with E-state index in [9.17, 15) is 9.59 Å². The van der Waals surface area contributed by atoms with E-state index in [1.54, 1.807) is 12.4 Å². The number of benzene rings is 1. The summed E-state index contributed by atoms with van der Waals surface area (Å²) >= 11 is 0. The maximum atomic E-state index is 13.6. The third kappa shape index (κ3) is 14.4. The number of hydrogen-bond donors (Lipinski definition) is 3. The van der Waals surface area contributed by atoms with Crippen molar-refractivity contribution < 1.29 is 9.59 Å². The van der Waals surface area contributed by atoms with E-state index in [0.717, 1.165) is 36.2 Å². The quantitative estimate of drug-likeness (QED) is 0.0574. The van der Waals surface area contributed by atoms with Crippen molar-refractivity contribution in [1.29, 1.82) is 0 Å². The summed E-state index contributed by atoms with van der Waals surface area (Å²) in [6, 6.07) is 19.4. The summed E-state index contributed by atoms with van der Waals surface area (Å²) in [6.07, 6.45) is 17.3. The smallest absolute Gasteiger partial charge is 0.230 e. The van der Waals surface area contributed by atoms with Gasteiger partial charge in [-0.1, -0.05) is 101 Å². The van der Waals surface area contributed by atoms with Crippen LogP contribution in [0.25, 0.3) is 0 Å². The molecule has 3 N–H and O–H groups in total. The molecule has 0 saturated carbocycles. The third-order valence-corrected chi connectivity index (χ3v) is 7.94. The Balaban J connectivity index is 1.44. The highest BCUT2D eigenvalue weighted by molar-refractivity contribution is 6.10. The highest BCUT2D eigenvalue weighted by Gasteiger charge is 2.27. The Morgan fingerprint density at radius 3 is 1.82 bits per heavy atom. The first-order valence-electron chi connectivity index (χ1n) is 16.8. The number of aromatic nitrogens is 2. The topological polar surface area (TPSA) is 96.0 Å². The number of amides is 1. The summed E-state index contributed by atoms with van der Waals surface area (Å²) in [5.41, 5.74) is 3.63. The van der Waals surface area contributed by atoms with Crippen LogP contribution in [0.4, 0.5) is 0 Å². The van der Waals surface area contributed by atoms with Crippen molar-refractivity contribution in [3.63, 3.8) is 0 Å². The monoisotopic (exact) mass is 599 g/mol. The van der Waals surface area contributed by atoms with Gasteiger partial charge in [-0.3, -0.25) is 19.6 Å². The zero-order valence-corrected chi connectivity index (χ0v) is 26.7. The average Bonchev–Trinajstić information content (AvgIpc) is 3.06. The summed E-state index contributed by atoms with van der Waals surface area (Å²) < 4.78 is 0. The fraction of sp³-hybridized carbons (Fsp3) is 0.514. The molecule has 0 aliphatic rings. The van der Waals surface area contributed by atoms with Crippen LogP contribution < -0.4 is 16.0 Å². The highest BCUT2D eigenvalue weighted by atomic mass is 16.2. The third-order valence-electron chi connectivity index (χ3n) is 7.94. The van der Waals surface area contributed by atoms with Gasteiger partial charge in [0.25, 0.3) is 0 Å². The lowest BCUT2D eigenvalue weighted by molar-refractivity contribution is -0.123. The van der Waals surface area contributed by atoms with Crippen LogP contribution in [0, 0.1) is 5.92 Å². The Kier molecular flexibility index (Phi) is 17.6. The van der Waals surface area contributed by atoms with Gasteiger partial charge in [0.05, 0.1) is 11.4 Å². The zero-order valence-electron chi connectivity index (χ0n) is 26.7. The maximum Gasteiger partial charge on any atom is 0.230 e. The van der Waals surface area contributed by atoms with E-state index in [1.807, 2.05) is 60.7 Å². The Morgan fingerprint density at radius 1 is 0.636 bits per heavy atom. The van der Waals surface area contributed by atoms with Crippen molar-refractivity contribution in [1.82, 2.24) is 25.9 Å². The van der Waals surface area contributed by atoms with Crippen molar-refractivity contribution in [2.24, 2.45) is 5.92 Å². The van der Waals surface area contributed by atoms with Crippen molar-refractivity contribution in [2.75, 3.05) is 13.1 Å². The SMILES string of the molecule is CCCCCCCCCCCCNC(=O)C(CCCNCc1ccccn1)C(=O)c1ccc(CNCc2ccccn2)cc1. The first-order chi connectivity index (χ1) is 21.7. The van der Waals surface area contributed by atoms with E-state index in [1.165, 1.54) is 51.4 Å². The van der Waals surface area contributed by atoms with Gasteiger partial charge in [0.15, 0.2) is 5.78 Å². The molecule has 1 amide bonds. The molecule has 0 bridgehead atoms. The number of carbonyl (C=O) groups excluding carboxylic acids is 2. The minimum Gasteiger partial charge on any atom is -0.355 e. The van der Waals surface area contributed by atoms with Gasteiger partial charge in [-0.15, -0.1) is 0 Å². The molecule has 0 saturated heterocycles. The number of nitrogens with zero attached hydrogens (tertiary/aromatic N) is 2. The Labute approximate surface area is 265 Å². The first-order valence-corrected chi connectivity index (χ1v) is 16.8. The Morgan fingerprint density at radius 2 is 1.23 bits per heavy atom. The molecular weight excluding hydrogens is 546 g/mol.